The summed E-state index contributed by atoms with van der Waals surface area (Å²) in [6, 6.07) is 18.1. The Hall–Kier alpha value is -3.12. The number of benzene rings is 2. The molecule has 3 aromatic rings. The number of aryl methyl sites for hydroxylation is 2. The minimum absolute atomic E-state index is 0.427. The highest BCUT2D eigenvalue weighted by atomic mass is 79.9. The van der Waals surface area contributed by atoms with Gasteiger partial charge in [0.1, 0.15) is 5.76 Å². The van der Waals surface area contributed by atoms with Gasteiger partial charge in [-0.2, -0.15) is 0 Å². The van der Waals surface area contributed by atoms with Crippen LogP contribution < -0.4 is 5.32 Å². The molecule has 0 saturated heterocycles. The average Bonchev–Trinajstić information content (AvgIpc) is 3.09. The Morgan fingerprint density at radius 3 is 2.34 bits per heavy atom. The molecule has 0 aliphatic carbocycles. The Morgan fingerprint density at radius 2 is 1.72 bits per heavy atom. The molecule has 0 aliphatic heterocycles. The van der Waals surface area contributed by atoms with E-state index >= 15 is 0 Å². The van der Waals surface area contributed by atoms with E-state index in [1.165, 1.54) is 12.2 Å². The second-order valence-corrected chi connectivity index (χ2v) is 7.35. The van der Waals surface area contributed by atoms with Gasteiger partial charge in [0.25, 0.3) is 5.91 Å². The summed E-state index contributed by atoms with van der Waals surface area (Å²) >= 11 is 3.20. The summed E-state index contributed by atoms with van der Waals surface area (Å²) in [6.07, 6.45) is 1.62. The number of esters is 1. The maximum atomic E-state index is 12.9. The first kappa shape index (κ1) is 20.6. The van der Waals surface area contributed by atoms with E-state index in [9.17, 15) is 9.59 Å². The van der Waals surface area contributed by atoms with Gasteiger partial charge in [-0.15, -0.1) is 0 Å². The summed E-state index contributed by atoms with van der Waals surface area (Å²) in [6.45, 7) is 3.91. The van der Waals surface area contributed by atoms with Crippen molar-refractivity contribution in [3.8, 4) is 0 Å². The van der Waals surface area contributed by atoms with Gasteiger partial charge in [0.15, 0.2) is 4.67 Å². The number of anilines is 1. The standard InChI is InChI=1S/C23H20BrNO4/c1-15-12-16(2)14-18(13-15)25-23(27)22(17-6-4-3-5-7-17)29-21(26)11-9-19-8-10-20(24)28-19/h3-14,22H,1-2H3,(H,25,27)/b11-9+/t22-/m0/s1. The van der Waals surface area contributed by atoms with Crippen LogP contribution in [-0.4, -0.2) is 11.9 Å². The van der Waals surface area contributed by atoms with E-state index in [-0.39, 0.29) is 0 Å². The highest BCUT2D eigenvalue weighted by Gasteiger charge is 2.24. The first-order valence-corrected chi connectivity index (χ1v) is 9.78. The minimum Gasteiger partial charge on any atom is -0.450 e. The molecule has 1 aromatic heterocycles. The van der Waals surface area contributed by atoms with Gasteiger partial charge in [0.05, 0.1) is 0 Å². The van der Waals surface area contributed by atoms with Crippen LogP contribution in [0.15, 0.2) is 75.8 Å². The van der Waals surface area contributed by atoms with Crippen LogP contribution in [0.5, 0.6) is 0 Å². The molecular formula is C23H20BrNO4. The summed E-state index contributed by atoms with van der Waals surface area (Å²) in [7, 11) is 0. The van der Waals surface area contributed by atoms with Crippen LogP contribution in [0.25, 0.3) is 6.08 Å². The summed E-state index contributed by atoms with van der Waals surface area (Å²) < 4.78 is 11.3. The summed E-state index contributed by atoms with van der Waals surface area (Å²) in [5, 5.41) is 2.84. The maximum Gasteiger partial charge on any atom is 0.332 e. The van der Waals surface area contributed by atoms with Crippen LogP contribution in [0.2, 0.25) is 0 Å². The molecule has 2 aromatic carbocycles. The molecule has 1 heterocycles. The third-order valence-electron chi connectivity index (χ3n) is 4.04. The number of rotatable bonds is 6. The first-order valence-electron chi connectivity index (χ1n) is 8.99. The van der Waals surface area contributed by atoms with Gasteiger partial charge in [-0.05, 0) is 71.2 Å². The Balaban J connectivity index is 1.78. The zero-order chi connectivity index (χ0) is 20.8. The lowest BCUT2D eigenvalue weighted by atomic mass is 10.1. The summed E-state index contributed by atoms with van der Waals surface area (Å²) in [5.74, 6) is -0.588. The molecule has 1 N–H and O–H groups in total. The van der Waals surface area contributed by atoms with E-state index in [2.05, 4.69) is 21.2 Å². The number of nitrogens with one attached hydrogen (secondary N) is 1. The van der Waals surface area contributed by atoms with Crippen LogP contribution in [0.4, 0.5) is 5.69 Å². The highest BCUT2D eigenvalue weighted by Crippen LogP contribution is 2.22. The number of carbonyl (C=O) groups is 2. The van der Waals surface area contributed by atoms with Gasteiger partial charge in [0.2, 0.25) is 6.10 Å². The number of carbonyl (C=O) groups excluding carboxylic acids is 2. The molecule has 0 fully saturated rings. The third kappa shape index (κ3) is 5.93. The lowest BCUT2D eigenvalue weighted by Gasteiger charge is -2.17. The fraction of sp³-hybridized carbons (Fsp3) is 0.130. The van der Waals surface area contributed by atoms with Gasteiger partial charge in [-0.25, -0.2) is 4.79 Å². The lowest BCUT2D eigenvalue weighted by molar-refractivity contribution is -0.149. The van der Waals surface area contributed by atoms with Gasteiger partial charge >= 0.3 is 5.97 Å². The zero-order valence-corrected chi connectivity index (χ0v) is 17.6. The van der Waals surface area contributed by atoms with Gasteiger partial charge in [0, 0.05) is 17.3 Å². The Labute approximate surface area is 177 Å². The SMILES string of the molecule is Cc1cc(C)cc(NC(=O)[C@@H](OC(=O)/C=C/c2ccc(Br)o2)c2ccccc2)c1. The molecule has 3 rings (SSSR count). The van der Waals surface area contributed by atoms with Crippen molar-refractivity contribution in [2.75, 3.05) is 5.32 Å². The van der Waals surface area contributed by atoms with Crippen LogP contribution in [0, 0.1) is 13.8 Å². The smallest absolute Gasteiger partial charge is 0.332 e. The van der Waals surface area contributed by atoms with Crippen molar-refractivity contribution in [2.45, 2.75) is 20.0 Å². The topological polar surface area (TPSA) is 68.5 Å². The number of hydrogen-bond acceptors (Lipinski definition) is 4. The lowest BCUT2D eigenvalue weighted by Crippen LogP contribution is -2.25. The molecule has 29 heavy (non-hydrogen) atoms. The van der Waals surface area contributed by atoms with Gasteiger partial charge in [-0.1, -0.05) is 36.4 Å². The Morgan fingerprint density at radius 1 is 1.03 bits per heavy atom. The highest BCUT2D eigenvalue weighted by molar-refractivity contribution is 9.10. The van der Waals surface area contributed by atoms with E-state index in [4.69, 9.17) is 9.15 Å². The number of amides is 1. The molecule has 0 bridgehead atoms. The van der Waals surface area contributed by atoms with Crippen LogP contribution in [0.1, 0.15) is 28.6 Å². The number of hydrogen-bond donors (Lipinski definition) is 1. The third-order valence-corrected chi connectivity index (χ3v) is 4.47. The number of ether oxygens (including phenoxy) is 1. The summed E-state index contributed by atoms with van der Waals surface area (Å²) in [5.41, 5.74) is 3.29. The molecule has 148 valence electrons. The molecule has 0 spiro atoms. The van der Waals surface area contributed by atoms with Crippen molar-refractivity contribution in [3.63, 3.8) is 0 Å². The van der Waals surface area contributed by atoms with Crippen molar-refractivity contribution in [1.29, 1.82) is 0 Å². The average molecular weight is 454 g/mol. The second-order valence-electron chi connectivity index (χ2n) is 6.57. The quantitative estimate of drug-likeness (QED) is 0.389. The monoisotopic (exact) mass is 453 g/mol. The largest absolute Gasteiger partial charge is 0.450 e. The molecule has 0 saturated carbocycles. The van der Waals surface area contributed by atoms with E-state index in [1.54, 1.807) is 36.4 Å². The van der Waals surface area contributed by atoms with Crippen molar-refractivity contribution in [2.24, 2.45) is 0 Å². The van der Waals surface area contributed by atoms with Crippen molar-refractivity contribution in [1.82, 2.24) is 0 Å². The first-order chi connectivity index (χ1) is 13.9. The fourth-order valence-electron chi connectivity index (χ4n) is 2.88. The minimum atomic E-state index is -1.09. The molecule has 0 unspecified atom stereocenters. The molecule has 1 atom stereocenters. The van der Waals surface area contributed by atoms with Crippen LogP contribution in [-0.2, 0) is 14.3 Å². The Bertz CT molecular complexity index is 1020. The normalized spacial score (nSPS) is 12.0. The predicted octanol–water partition coefficient (Wildman–Crippen LogP) is 5.60. The van der Waals surface area contributed by atoms with E-state index in [0.717, 1.165) is 11.1 Å². The van der Waals surface area contributed by atoms with Crippen molar-refractivity contribution < 1.29 is 18.7 Å². The molecule has 1 amide bonds. The van der Waals surface area contributed by atoms with E-state index in [0.29, 0.717) is 21.7 Å². The van der Waals surface area contributed by atoms with E-state index in [1.807, 2.05) is 38.1 Å². The fourth-order valence-corrected chi connectivity index (χ4v) is 3.20. The van der Waals surface area contributed by atoms with Crippen molar-refractivity contribution in [3.05, 3.63) is 93.9 Å². The zero-order valence-electron chi connectivity index (χ0n) is 16.0. The summed E-state index contributed by atoms with van der Waals surface area (Å²) in [4.78, 5) is 25.2. The molecule has 6 heteroatoms. The molecule has 0 radical (unpaired) electrons. The number of furan rings is 1. The van der Waals surface area contributed by atoms with Gasteiger partial charge < -0.3 is 14.5 Å². The molecular weight excluding hydrogens is 434 g/mol. The maximum absolute atomic E-state index is 12.9. The second kappa shape index (κ2) is 9.39. The van der Waals surface area contributed by atoms with Crippen LogP contribution in [0.3, 0.4) is 0 Å². The molecule has 0 aliphatic rings. The van der Waals surface area contributed by atoms with E-state index < -0.39 is 18.0 Å². The Kier molecular flexibility index (Phi) is 6.67. The number of halogens is 1. The van der Waals surface area contributed by atoms with Gasteiger partial charge in [-0.3, -0.25) is 4.79 Å². The van der Waals surface area contributed by atoms with Crippen LogP contribution >= 0.6 is 15.9 Å². The molecule has 5 nitrogen and oxygen atoms in total. The predicted molar refractivity (Wildman–Crippen MR) is 115 cm³/mol. The van der Waals surface area contributed by atoms with Crippen molar-refractivity contribution >= 4 is 39.6 Å².